The van der Waals surface area contributed by atoms with Crippen molar-refractivity contribution in [2.75, 3.05) is 24.3 Å². The first kappa shape index (κ1) is 18.2. The maximum atomic E-state index is 6.15. The van der Waals surface area contributed by atoms with Gasteiger partial charge < -0.3 is 15.4 Å². The van der Waals surface area contributed by atoms with Gasteiger partial charge in [-0.2, -0.15) is 10.1 Å². The van der Waals surface area contributed by atoms with Crippen LogP contribution in [0.4, 0.5) is 17.5 Å². The van der Waals surface area contributed by atoms with E-state index in [2.05, 4.69) is 25.8 Å². The molecule has 3 rings (SSSR count). The molecule has 0 saturated heterocycles. The van der Waals surface area contributed by atoms with E-state index in [-0.39, 0.29) is 0 Å². The number of nitrogens with zero attached hydrogens (tertiary/aromatic N) is 3. The topological polar surface area (TPSA) is 72.0 Å². The number of anilines is 3. The first-order valence-corrected chi connectivity index (χ1v) is 8.69. The van der Waals surface area contributed by atoms with Gasteiger partial charge >= 0.3 is 0 Å². The molecule has 0 amide bonds. The highest BCUT2D eigenvalue weighted by molar-refractivity contribution is 6.36. The molecular formula is C18H17Cl2N5O. The van der Waals surface area contributed by atoms with Gasteiger partial charge in [0.2, 0.25) is 5.95 Å². The number of benzene rings is 2. The fourth-order valence-corrected chi connectivity index (χ4v) is 2.84. The monoisotopic (exact) mass is 389 g/mol. The van der Waals surface area contributed by atoms with Gasteiger partial charge in [0.05, 0.1) is 24.0 Å². The fourth-order valence-electron chi connectivity index (χ4n) is 2.39. The minimum atomic E-state index is 0.344. The molecule has 134 valence electrons. The Morgan fingerprint density at radius 1 is 1.12 bits per heavy atom. The number of rotatable bonds is 7. The molecule has 0 saturated carbocycles. The Balaban J connectivity index is 1.62. The van der Waals surface area contributed by atoms with E-state index in [0.717, 1.165) is 17.7 Å². The van der Waals surface area contributed by atoms with Crippen LogP contribution in [0.15, 0.2) is 48.7 Å². The van der Waals surface area contributed by atoms with E-state index < -0.39 is 0 Å². The zero-order valence-corrected chi connectivity index (χ0v) is 15.6. The molecule has 0 radical (unpaired) electrons. The van der Waals surface area contributed by atoms with E-state index in [4.69, 9.17) is 27.9 Å². The number of halogens is 2. The number of nitrogens with one attached hydrogen (secondary N) is 2. The number of hydrogen-bond donors (Lipinski definition) is 2. The van der Waals surface area contributed by atoms with Crippen LogP contribution in [-0.2, 0) is 6.42 Å². The molecule has 2 N–H and O–H groups in total. The van der Waals surface area contributed by atoms with Crippen molar-refractivity contribution < 1.29 is 4.74 Å². The third-order valence-corrected chi connectivity index (χ3v) is 4.18. The number of methoxy groups -OCH3 is 1. The first-order chi connectivity index (χ1) is 12.7. The third kappa shape index (κ3) is 4.74. The molecule has 0 atom stereocenters. The summed E-state index contributed by atoms with van der Waals surface area (Å²) in [7, 11) is 1.67. The van der Waals surface area contributed by atoms with Crippen molar-refractivity contribution in [2.45, 2.75) is 6.42 Å². The Kier molecular flexibility index (Phi) is 6.09. The number of para-hydroxylation sites is 1. The molecule has 0 bridgehead atoms. The number of hydrogen-bond acceptors (Lipinski definition) is 6. The minimum absolute atomic E-state index is 0.344. The van der Waals surface area contributed by atoms with Crippen molar-refractivity contribution in [1.82, 2.24) is 15.2 Å². The molecule has 0 aliphatic carbocycles. The Hall–Kier alpha value is -2.57. The summed E-state index contributed by atoms with van der Waals surface area (Å²) in [6.45, 7) is 0.681. The lowest BCUT2D eigenvalue weighted by molar-refractivity contribution is 0.410. The smallest absolute Gasteiger partial charge is 0.249 e. The van der Waals surface area contributed by atoms with Crippen LogP contribution in [0.5, 0.6) is 5.75 Å². The van der Waals surface area contributed by atoms with Crippen LogP contribution in [0, 0.1) is 0 Å². The van der Waals surface area contributed by atoms with E-state index in [1.165, 1.54) is 0 Å². The lowest BCUT2D eigenvalue weighted by atomic mass is 10.1. The SMILES string of the molecule is COc1ccccc1CCNc1cnnc(Nc2ccc(Cl)cc2Cl)n1. The van der Waals surface area contributed by atoms with Crippen LogP contribution >= 0.6 is 23.2 Å². The van der Waals surface area contributed by atoms with E-state index in [1.54, 1.807) is 31.5 Å². The molecule has 1 aromatic heterocycles. The van der Waals surface area contributed by atoms with Crippen molar-refractivity contribution >= 4 is 40.7 Å². The predicted octanol–water partition coefficient (Wildman–Crippen LogP) is 4.59. The van der Waals surface area contributed by atoms with Crippen molar-refractivity contribution in [1.29, 1.82) is 0 Å². The van der Waals surface area contributed by atoms with Gasteiger partial charge in [0.1, 0.15) is 5.75 Å². The zero-order valence-electron chi connectivity index (χ0n) is 14.0. The first-order valence-electron chi connectivity index (χ1n) is 7.93. The van der Waals surface area contributed by atoms with E-state index in [9.17, 15) is 0 Å². The summed E-state index contributed by atoms with van der Waals surface area (Å²) >= 11 is 12.0. The Bertz CT molecular complexity index is 891. The molecule has 26 heavy (non-hydrogen) atoms. The largest absolute Gasteiger partial charge is 0.496 e. The highest BCUT2D eigenvalue weighted by Gasteiger charge is 2.06. The van der Waals surface area contributed by atoms with Crippen molar-refractivity contribution in [3.63, 3.8) is 0 Å². The summed E-state index contributed by atoms with van der Waals surface area (Å²) in [5.74, 6) is 1.83. The molecule has 2 aromatic carbocycles. The van der Waals surface area contributed by atoms with Crippen LogP contribution in [0.3, 0.4) is 0 Å². The van der Waals surface area contributed by atoms with Crippen LogP contribution in [0.1, 0.15) is 5.56 Å². The highest BCUT2D eigenvalue weighted by Crippen LogP contribution is 2.27. The van der Waals surface area contributed by atoms with E-state index in [1.807, 2.05) is 24.3 Å². The van der Waals surface area contributed by atoms with Crippen LogP contribution in [-0.4, -0.2) is 28.8 Å². The van der Waals surface area contributed by atoms with Gasteiger partial charge in [-0.15, -0.1) is 5.10 Å². The molecule has 1 heterocycles. The fraction of sp³-hybridized carbons (Fsp3) is 0.167. The number of aromatic nitrogens is 3. The average molecular weight is 390 g/mol. The van der Waals surface area contributed by atoms with Crippen molar-refractivity contribution in [3.8, 4) is 5.75 Å². The maximum absolute atomic E-state index is 6.15. The highest BCUT2D eigenvalue weighted by atomic mass is 35.5. The van der Waals surface area contributed by atoms with Gasteiger partial charge in [0.25, 0.3) is 0 Å². The van der Waals surface area contributed by atoms with Gasteiger partial charge in [-0.3, -0.25) is 0 Å². The van der Waals surface area contributed by atoms with Gasteiger partial charge in [0.15, 0.2) is 5.82 Å². The summed E-state index contributed by atoms with van der Waals surface area (Å²) in [6.07, 6.45) is 2.36. The quantitative estimate of drug-likeness (QED) is 0.615. The minimum Gasteiger partial charge on any atom is -0.496 e. The molecule has 6 nitrogen and oxygen atoms in total. The van der Waals surface area contributed by atoms with Crippen molar-refractivity contribution in [3.05, 3.63) is 64.3 Å². The lowest BCUT2D eigenvalue weighted by Crippen LogP contribution is -2.09. The van der Waals surface area contributed by atoms with Crippen LogP contribution in [0.2, 0.25) is 10.0 Å². The summed E-state index contributed by atoms with van der Waals surface area (Å²) in [5, 5.41) is 15.2. The van der Waals surface area contributed by atoms with Gasteiger partial charge in [0, 0.05) is 11.6 Å². The Morgan fingerprint density at radius 2 is 1.96 bits per heavy atom. The molecule has 0 fully saturated rings. The zero-order chi connectivity index (χ0) is 18.4. The predicted molar refractivity (Wildman–Crippen MR) is 105 cm³/mol. The molecule has 0 aliphatic heterocycles. The van der Waals surface area contributed by atoms with Gasteiger partial charge in [-0.1, -0.05) is 41.4 Å². The second-order valence-electron chi connectivity index (χ2n) is 5.40. The molecule has 3 aromatic rings. The summed E-state index contributed by atoms with van der Waals surface area (Å²) in [5.41, 5.74) is 1.78. The molecular weight excluding hydrogens is 373 g/mol. The third-order valence-electron chi connectivity index (χ3n) is 3.63. The van der Waals surface area contributed by atoms with Gasteiger partial charge in [-0.05, 0) is 36.2 Å². The van der Waals surface area contributed by atoms with E-state index in [0.29, 0.717) is 34.0 Å². The molecule has 8 heteroatoms. The summed E-state index contributed by atoms with van der Waals surface area (Å²) in [4.78, 5) is 4.39. The van der Waals surface area contributed by atoms with E-state index >= 15 is 0 Å². The molecule has 0 spiro atoms. The number of ether oxygens (including phenoxy) is 1. The maximum Gasteiger partial charge on any atom is 0.249 e. The second kappa shape index (κ2) is 8.69. The summed E-state index contributed by atoms with van der Waals surface area (Å²) in [6, 6.07) is 13.1. The van der Waals surface area contributed by atoms with Crippen LogP contribution in [0.25, 0.3) is 0 Å². The van der Waals surface area contributed by atoms with Crippen LogP contribution < -0.4 is 15.4 Å². The standard InChI is InChI=1S/C18H17Cl2N5O/c1-26-16-5-3-2-4-12(16)8-9-21-17-11-22-25-18(24-17)23-15-7-6-13(19)10-14(15)20/h2-7,10-11H,8-9H2,1H3,(H2,21,23,24,25). The summed E-state index contributed by atoms with van der Waals surface area (Å²) < 4.78 is 5.36. The average Bonchev–Trinajstić information content (AvgIpc) is 2.65. The Morgan fingerprint density at radius 3 is 2.77 bits per heavy atom. The second-order valence-corrected chi connectivity index (χ2v) is 6.25. The lowest BCUT2D eigenvalue weighted by Gasteiger charge is -2.10. The normalized spacial score (nSPS) is 10.4. The molecule has 0 unspecified atom stereocenters. The van der Waals surface area contributed by atoms with Gasteiger partial charge in [-0.25, -0.2) is 0 Å². The Labute approximate surface area is 161 Å². The van der Waals surface area contributed by atoms with Crippen molar-refractivity contribution in [2.24, 2.45) is 0 Å². The molecule has 0 aliphatic rings.